The molecule has 1 unspecified atom stereocenters. The number of amides is 1. The van der Waals surface area contributed by atoms with E-state index in [1.165, 1.54) is 12.6 Å². The molecule has 5 nitrogen and oxygen atoms in total. The molecule has 19 heavy (non-hydrogen) atoms. The van der Waals surface area contributed by atoms with Crippen molar-refractivity contribution in [3.05, 3.63) is 23.0 Å². The summed E-state index contributed by atoms with van der Waals surface area (Å²) in [5.74, 6) is 0.286. The molecular formula is C13H19ClN4O. The molecule has 0 aromatic carbocycles. The summed E-state index contributed by atoms with van der Waals surface area (Å²) in [5, 5.41) is 3.10. The van der Waals surface area contributed by atoms with Crippen molar-refractivity contribution in [1.82, 2.24) is 15.2 Å². The van der Waals surface area contributed by atoms with Crippen molar-refractivity contribution < 1.29 is 4.79 Å². The summed E-state index contributed by atoms with van der Waals surface area (Å²) >= 11 is 5.90. The van der Waals surface area contributed by atoms with E-state index < -0.39 is 0 Å². The molecule has 3 N–H and O–H groups in total. The summed E-state index contributed by atoms with van der Waals surface area (Å²) in [5.41, 5.74) is 6.39. The molecule has 1 aromatic heterocycles. The zero-order valence-electron chi connectivity index (χ0n) is 11.0. The van der Waals surface area contributed by atoms with Gasteiger partial charge in [-0.3, -0.25) is 4.79 Å². The van der Waals surface area contributed by atoms with E-state index in [9.17, 15) is 4.79 Å². The van der Waals surface area contributed by atoms with Gasteiger partial charge in [0.2, 0.25) is 0 Å². The van der Waals surface area contributed by atoms with Crippen LogP contribution in [0.15, 0.2) is 12.3 Å². The van der Waals surface area contributed by atoms with Gasteiger partial charge in [0, 0.05) is 13.1 Å². The van der Waals surface area contributed by atoms with Crippen LogP contribution in [0.25, 0.3) is 0 Å². The molecule has 0 bridgehead atoms. The molecule has 1 amide bonds. The number of nitrogens with one attached hydrogen (secondary N) is 1. The second-order valence-electron chi connectivity index (χ2n) is 5.09. The van der Waals surface area contributed by atoms with Crippen LogP contribution >= 0.6 is 11.6 Å². The van der Waals surface area contributed by atoms with E-state index in [2.05, 4.69) is 22.2 Å². The number of anilines is 1. The molecule has 0 radical (unpaired) electrons. The first-order valence-electron chi connectivity index (χ1n) is 6.44. The number of halogens is 1. The number of pyridine rings is 1. The van der Waals surface area contributed by atoms with Crippen molar-refractivity contribution in [2.45, 2.75) is 12.8 Å². The Bertz CT molecular complexity index is 466. The van der Waals surface area contributed by atoms with Gasteiger partial charge in [-0.25, -0.2) is 4.98 Å². The Morgan fingerprint density at radius 2 is 2.47 bits per heavy atom. The molecule has 104 valence electrons. The summed E-state index contributed by atoms with van der Waals surface area (Å²) in [6.07, 6.45) is 3.76. The quantitative estimate of drug-likeness (QED) is 0.822. The van der Waals surface area contributed by atoms with E-state index in [1.54, 1.807) is 6.07 Å². The lowest BCUT2D eigenvalue weighted by atomic mass is 9.98. The maximum absolute atomic E-state index is 12.0. The third-order valence-corrected chi connectivity index (χ3v) is 3.68. The third-order valence-electron chi connectivity index (χ3n) is 3.38. The number of hydrogen-bond acceptors (Lipinski definition) is 4. The fourth-order valence-corrected chi connectivity index (χ4v) is 2.58. The Kier molecular flexibility index (Phi) is 4.61. The molecular weight excluding hydrogens is 264 g/mol. The van der Waals surface area contributed by atoms with Crippen molar-refractivity contribution in [2.24, 2.45) is 5.92 Å². The van der Waals surface area contributed by atoms with Crippen LogP contribution in [-0.2, 0) is 0 Å². The van der Waals surface area contributed by atoms with Gasteiger partial charge in [0.25, 0.3) is 5.91 Å². The maximum atomic E-state index is 12.0. The second kappa shape index (κ2) is 6.21. The van der Waals surface area contributed by atoms with E-state index in [1.807, 2.05) is 0 Å². The summed E-state index contributed by atoms with van der Waals surface area (Å²) in [7, 11) is 2.10. The van der Waals surface area contributed by atoms with E-state index in [0.717, 1.165) is 19.5 Å². The van der Waals surface area contributed by atoms with Gasteiger partial charge < -0.3 is 16.0 Å². The minimum absolute atomic E-state index is 0.187. The highest BCUT2D eigenvalue weighted by molar-refractivity contribution is 6.32. The van der Waals surface area contributed by atoms with Crippen LogP contribution in [0.3, 0.4) is 0 Å². The lowest BCUT2D eigenvalue weighted by Gasteiger charge is -2.29. The van der Waals surface area contributed by atoms with Crippen molar-refractivity contribution in [2.75, 3.05) is 32.4 Å². The van der Waals surface area contributed by atoms with Crippen molar-refractivity contribution >= 4 is 23.2 Å². The predicted molar refractivity (Wildman–Crippen MR) is 76.2 cm³/mol. The average molecular weight is 283 g/mol. The van der Waals surface area contributed by atoms with Gasteiger partial charge in [-0.15, -0.1) is 0 Å². The van der Waals surface area contributed by atoms with Crippen LogP contribution in [0.5, 0.6) is 0 Å². The van der Waals surface area contributed by atoms with Gasteiger partial charge in [0.15, 0.2) is 0 Å². The lowest BCUT2D eigenvalue weighted by molar-refractivity contribution is 0.0936. The van der Waals surface area contributed by atoms with Crippen LogP contribution in [0.2, 0.25) is 5.15 Å². The molecule has 1 aliphatic rings. The van der Waals surface area contributed by atoms with Gasteiger partial charge in [-0.2, -0.15) is 0 Å². The molecule has 0 saturated carbocycles. The molecule has 1 saturated heterocycles. The standard InChI is InChI=1S/C13H19ClN4O/c1-18-4-2-3-9(8-18)6-17-13(19)11-5-10(15)7-16-12(11)14/h5,7,9H,2-4,6,8,15H2,1H3,(H,17,19). The Balaban J connectivity index is 1.92. The molecule has 0 aliphatic carbocycles. The van der Waals surface area contributed by atoms with Gasteiger partial charge in [-0.05, 0) is 38.4 Å². The van der Waals surface area contributed by atoms with E-state index in [0.29, 0.717) is 23.7 Å². The number of piperidine rings is 1. The maximum Gasteiger partial charge on any atom is 0.254 e. The predicted octanol–water partition coefficient (Wildman–Crippen LogP) is 1.39. The monoisotopic (exact) mass is 282 g/mol. The molecule has 6 heteroatoms. The third kappa shape index (κ3) is 3.81. The molecule has 2 heterocycles. The summed E-state index contributed by atoms with van der Waals surface area (Å²) in [6, 6.07) is 1.55. The van der Waals surface area contributed by atoms with Crippen LogP contribution in [-0.4, -0.2) is 42.5 Å². The molecule has 0 spiro atoms. The second-order valence-corrected chi connectivity index (χ2v) is 5.45. The highest BCUT2D eigenvalue weighted by Crippen LogP contribution is 2.17. The molecule has 1 atom stereocenters. The normalized spacial score (nSPS) is 20.2. The van der Waals surface area contributed by atoms with Gasteiger partial charge >= 0.3 is 0 Å². The number of nitrogens with zero attached hydrogens (tertiary/aromatic N) is 2. The lowest BCUT2D eigenvalue weighted by Crippen LogP contribution is -2.39. The number of carbonyl (C=O) groups is 1. The number of nitrogens with two attached hydrogens (primary N) is 1. The Morgan fingerprint density at radius 3 is 3.21 bits per heavy atom. The summed E-state index contributed by atoms with van der Waals surface area (Å²) < 4.78 is 0. The van der Waals surface area contributed by atoms with Crippen molar-refractivity contribution in [3.8, 4) is 0 Å². The van der Waals surface area contributed by atoms with Crippen molar-refractivity contribution in [1.29, 1.82) is 0 Å². The number of carbonyl (C=O) groups excluding carboxylic acids is 1. The van der Waals surface area contributed by atoms with Gasteiger partial charge in [0.05, 0.1) is 17.4 Å². The van der Waals surface area contributed by atoms with Crippen LogP contribution < -0.4 is 11.1 Å². The summed E-state index contributed by atoms with van der Waals surface area (Å²) in [6.45, 7) is 2.81. The topological polar surface area (TPSA) is 71.2 Å². The zero-order valence-corrected chi connectivity index (χ0v) is 11.8. The fraction of sp³-hybridized carbons (Fsp3) is 0.538. The molecule has 1 fully saturated rings. The van der Waals surface area contributed by atoms with Crippen LogP contribution in [0.4, 0.5) is 5.69 Å². The first-order chi connectivity index (χ1) is 9.06. The number of hydrogen-bond donors (Lipinski definition) is 2. The van der Waals surface area contributed by atoms with E-state index in [-0.39, 0.29) is 11.1 Å². The number of aromatic nitrogens is 1. The molecule has 1 aromatic rings. The number of nitrogen functional groups attached to an aromatic ring is 1. The minimum Gasteiger partial charge on any atom is -0.397 e. The zero-order chi connectivity index (χ0) is 13.8. The van der Waals surface area contributed by atoms with Gasteiger partial charge in [0.1, 0.15) is 5.15 Å². The Hall–Kier alpha value is -1.33. The Morgan fingerprint density at radius 1 is 1.68 bits per heavy atom. The Labute approximate surface area is 118 Å². The minimum atomic E-state index is -0.210. The van der Waals surface area contributed by atoms with E-state index >= 15 is 0 Å². The van der Waals surface area contributed by atoms with Crippen LogP contribution in [0.1, 0.15) is 23.2 Å². The first kappa shape index (κ1) is 14.1. The SMILES string of the molecule is CN1CCCC(CNC(=O)c2cc(N)cnc2Cl)C1. The van der Waals surface area contributed by atoms with Crippen molar-refractivity contribution in [3.63, 3.8) is 0 Å². The molecule has 2 rings (SSSR count). The van der Waals surface area contributed by atoms with Gasteiger partial charge in [-0.1, -0.05) is 11.6 Å². The number of likely N-dealkylation sites (tertiary alicyclic amines) is 1. The highest BCUT2D eigenvalue weighted by atomic mass is 35.5. The number of rotatable bonds is 3. The van der Waals surface area contributed by atoms with Crippen LogP contribution in [0, 0.1) is 5.92 Å². The summed E-state index contributed by atoms with van der Waals surface area (Å²) in [4.78, 5) is 18.2. The molecule has 1 aliphatic heterocycles. The van der Waals surface area contributed by atoms with E-state index in [4.69, 9.17) is 17.3 Å². The first-order valence-corrected chi connectivity index (χ1v) is 6.82. The largest absolute Gasteiger partial charge is 0.397 e. The average Bonchev–Trinajstić information content (AvgIpc) is 2.39. The fourth-order valence-electron chi connectivity index (χ4n) is 2.40. The highest BCUT2D eigenvalue weighted by Gasteiger charge is 2.19. The smallest absolute Gasteiger partial charge is 0.254 e.